The normalized spacial score (nSPS) is 12.1. The summed E-state index contributed by atoms with van der Waals surface area (Å²) in [5, 5.41) is 8.62. The summed E-state index contributed by atoms with van der Waals surface area (Å²) in [6.07, 6.45) is 1.08. The summed E-state index contributed by atoms with van der Waals surface area (Å²) in [5.74, 6) is -0.968. The van der Waals surface area contributed by atoms with E-state index in [4.69, 9.17) is 28.3 Å². The fourth-order valence-electron chi connectivity index (χ4n) is 1.92. The number of carboxylic acid groups (broad SMARTS) is 1. The number of carbonyl (C=O) groups is 1. The monoisotopic (exact) mass is 308 g/mol. The van der Waals surface area contributed by atoms with E-state index in [1.807, 2.05) is 48.5 Å². The van der Waals surface area contributed by atoms with Crippen LogP contribution in [0.2, 0.25) is 5.02 Å². The van der Waals surface area contributed by atoms with Gasteiger partial charge in [0, 0.05) is 5.02 Å². The summed E-state index contributed by atoms with van der Waals surface area (Å²) in [7, 11) is 0. The number of rotatable bonds is 5. The third kappa shape index (κ3) is 3.99. The Balaban J connectivity index is 2.03. The molecule has 20 heavy (non-hydrogen) atoms. The Kier molecular flexibility index (Phi) is 5.05. The van der Waals surface area contributed by atoms with Crippen molar-refractivity contribution >= 4 is 29.2 Å². The molecule has 0 saturated carbocycles. The van der Waals surface area contributed by atoms with Crippen molar-refractivity contribution in [1.82, 2.24) is 0 Å². The molecule has 0 aliphatic heterocycles. The maximum atomic E-state index is 10.6. The maximum absolute atomic E-state index is 10.6. The van der Waals surface area contributed by atoms with Crippen LogP contribution in [0.3, 0.4) is 0 Å². The van der Waals surface area contributed by atoms with Crippen LogP contribution in [0.4, 0.5) is 0 Å². The number of hydrogen-bond acceptors (Lipinski definition) is 1. The van der Waals surface area contributed by atoms with Crippen LogP contribution in [0.15, 0.2) is 48.5 Å². The number of benzene rings is 2. The fraction of sp³-hybridized carbons (Fsp3) is 0.188. The van der Waals surface area contributed by atoms with Gasteiger partial charge in [0.25, 0.3) is 0 Å². The number of aliphatic carboxylic acids is 1. The topological polar surface area (TPSA) is 37.3 Å². The van der Waals surface area contributed by atoms with E-state index in [0.29, 0.717) is 17.9 Å². The molecule has 0 bridgehead atoms. The summed E-state index contributed by atoms with van der Waals surface area (Å²) in [6.45, 7) is 0. The van der Waals surface area contributed by atoms with Crippen LogP contribution in [0.1, 0.15) is 12.0 Å². The van der Waals surface area contributed by atoms with E-state index < -0.39 is 11.3 Å². The lowest BCUT2D eigenvalue weighted by Crippen LogP contribution is -2.13. The number of carboxylic acids is 1. The summed E-state index contributed by atoms with van der Waals surface area (Å²) in [4.78, 5) is 10.6. The van der Waals surface area contributed by atoms with Gasteiger partial charge in [0.15, 0.2) is 0 Å². The molecule has 0 aromatic heterocycles. The van der Waals surface area contributed by atoms with Gasteiger partial charge in [-0.25, -0.2) is 0 Å². The summed E-state index contributed by atoms with van der Waals surface area (Å²) < 4.78 is 0. The first kappa shape index (κ1) is 14.9. The molecule has 4 heteroatoms. The van der Waals surface area contributed by atoms with Crippen molar-refractivity contribution in [3.63, 3.8) is 0 Å². The Morgan fingerprint density at radius 2 is 1.50 bits per heavy atom. The van der Waals surface area contributed by atoms with E-state index >= 15 is 0 Å². The fourth-order valence-corrected chi connectivity index (χ4v) is 2.16. The first-order valence-electron chi connectivity index (χ1n) is 6.28. The third-order valence-corrected chi connectivity index (χ3v) is 3.74. The number of alkyl halides is 1. The molecule has 0 amide bonds. The van der Waals surface area contributed by atoms with Gasteiger partial charge in [-0.3, -0.25) is 4.79 Å². The number of aryl methyl sites for hydroxylation is 1. The van der Waals surface area contributed by atoms with Crippen molar-refractivity contribution in [2.75, 3.05) is 0 Å². The molecule has 0 heterocycles. The quantitative estimate of drug-likeness (QED) is 0.818. The highest BCUT2D eigenvalue weighted by molar-refractivity contribution is 6.30. The highest BCUT2D eigenvalue weighted by Crippen LogP contribution is 2.22. The second-order valence-electron chi connectivity index (χ2n) is 4.55. The molecule has 1 N–H and O–H groups in total. The molecule has 2 rings (SSSR count). The minimum absolute atomic E-state index is 0.428. The van der Waals surface area contributed by atoms with Crippen LogP contribution in [0, 0.1) is 0 Å². The average Bonchev–Trinajstić information content (AvgIpc) is 2.46. The molecule has 0 radical (unpaired) electrons. The van der Waals surface area contributed by atoms with Gasteiger partial charge in [-0.2, -0.15) is 0 Å². The molecule has 0 aliphatic carbocycles. The Bertz CT molecular complexity index is 576. The zero-order valence-corrected chi connectivity index (χ0v) is 12.2. The molecule has 2 nitrogen and oxygen atoms in total. The molecule has 0 saturated heterocycles. The second kappa shape index (κ2) is 6.78. The lowest BCUT2D eigenvalue weighted by molar-refractivity contribution is -0.136. The van der Waals surface area contributed by atoms with Gasteiger partial charge < -0.3 is 5.11 Å². The lowest BCUT2D eigenvalue weighted by atomic mass is 10.0. The van der Waals surface area contributed by atoms with E-state index in [1.54, 1.807) is 0 Å². The van der Waals surface area contributed by atoms with Gasteiger partial charge in [0.05, 0.1) is 0 Å². The van der Waals surface area contributed by atoms with Crippen molar-refractivity contribution in [1.29, 1.82) is 0 Å². The smallest absolute Gasteiger partial charge is 0.321 e. The lowest BCUT2D eigenvalue weighted by Gasteiger charge is -2.06. The standard InChI is InChI=1S/C16H14Cl2O2/c17-14-8-6-13(7-9-14)12-4-1-11(2-5-12)3-10-15(18)16(19)20/h1-2,4-9,15H,3,10H2,(H,19,20). The van der Waals surface area contributed by atoms with Gasteiger partial charge in [-0.15, -0.1) is 11.6 Å². The SMILES string of the molecule is O=C(O)C(Cl)CCc1ccc(-c2ccc(Cl)cc2)cc1. The van der Waals surface area contributed by atoms with E-state index in [9.17, 15) is 4.79 Å². The zero-order chi connectivity index (χ0) is 14.5. The summed E-state index contributed by atoms with van der Waals surface area (Å²) in [6, 6.07) is 15.7. The molecule has 2 aromatic carbocycles. The van der Waals surface area contributed by atoms with Gasteiger partial charge in [-0.1, -0.05) is 48.0 Å². The molecule has 1 unspecified atom stereocenters. The minimum atomic E-state index is -0.968. The van der Waals surface area contributed by atoms with E-state index in [-0.39, 0.29) is 0 Å². The highest BCUT2D eigenvalue weighted by atomic mass is 35.5. The molecule has 0 fully saturated rings. The zero-order valence-electron chi connectivity index (χ0n) is 10.7. The average molecular weight is 309 g/mol. The Morgan fingerprint density at radius 1 is 1.00 bits per heavy atom. The van der Waals surface area contributed by atoms with Crippen molar-refractivity contribution in [3.05, 3.63) is 59.1 Å². The molecule has 1 atom stereocenters. The molecular formula is C16H14Cl2O2. The van der Waals surface area contributed by atoms with Crippen LogP contribution < -0.4 is 0 Å². The van der Waals surface area contributed by atoms with Crippen LogP contribution in [0.5, 0.6) is 0 Å². The molecular weight excluding hydrogens is 295 g/mol. The van der Waals surface area contributed by atoms with E-state index in [2.05, 4.69) is 0 Å². The maximum Gasteiger partial charge on any atom is 0.321 e. The van der Waals surface area contributed by atoms with Gasteiger partial charge >= 0.3 is 5.97 Å². The van der Waals surface area contributed by atoms with Crippen molar-refractivity contribution in [2.24, 2.45) is 0 Å². The highest BCUT2D eigenvalue weighted by Gasteiger charge is 2.12. The van der Waals surface area contributed by atoms with Crippen molar-refractivity contribution in [2.45, 2.75) is 18.2 Å². The minimum Gasteiger partial charge on any atom is -0.480 e. The van der Waals surface area contributed by atoms with Crippen LogP contribution in [0.25, 0.3) is 11.1 Å². The molecule has 0 spiro atoms. The van der Waals surface area contributed by atoms with E-state index in [1.165, 1.54) is 0 Å². The Hall–Kier alpha value is -1.51. The van der Waals surface area contributed by atoms with Crippen LogP contribution in [-0.4, -0.2) is 16.5 Å². The largest absolute Gasteiger partial charge is 0.480 e. The predicted molar refractivity (Wildman–Crippen MR) is 82.5 cm³/mol. The second-order valence-corrected chi connectivity index (χ2v) is 5.51. The van der Waals surface area contributed by atoms with Crippen LogP contribution >= 0.6 is 23.2 Å². The van der Waals surface area contributed by atoms with Gasteiger partial charge in [0.1, 0.15) is 5.38 Å². The van der Waals surface area contributed by atoms with E-state index in [0.717, 1.165) is 16.7 Å². The van der Waals surface area contributed by atoms with Gasteiger partial charge in [-0.05, 0) is 41.7 Å². The number of hydrogen-bond donors (Lipinski definition) is 1. The predicted octanol–water partition coefficient (Wildman–Crippen LogP) is 4.63. The molecule has 2 aromatic rings. The van der Waals surface area contributed by atoms with Crippen molar-refractivity contribution in [3.8, 4) is 11.1 Å². The summed E-state index contributed by atoms with van der Waals surface area (Å²) >= 11 is 11.6. The molecule has 0 aliphatic rings. The molecule has 104 valence electrons. The van der Waals surface area contributed by atoms with Gasteiger partial charge in [0.2, 0.25) is 0 Å². The first-order valence-corrected chi connectivity index (χ1v) is 7.09. The summed E-state index contributed by atoms with van der Waals surface area (Å²) in [5.41, 5.74) is 3.28. The number of halogens is 2. The Morgan fingerprint density at radius 3 is 2.00 bits per heavy atom. The van der Waals surface area contributed by atoms with Crippen molar-refractivity contribution < 1.29 is 9.90 Å². The first-order chi connectivity index (χ1) is 9.56. The third-order valence-electron chi connectivity index (χ3n) is 3.09. The Labute approximate surface area is 128 Å². The van der Waals surface area contributed by atoms with Crippen LogP contribution in [-0.2, 0) is 11.2 Å².